The van der Waals surface area contributed by atoms with Gasteiger partial charge in [-0.2, -0.15) is 0 Å². The maximum Gasteiger partial charge on any atom is 0.355 e. The molecule has 0 aliphatic heterocycles. The molecule has 0 N–H and O–H groups in total. The van der Waals surface area contributed by atoms with Crippen LogP contribution < -0.4 is 0 Å². The molecule has 0 amide bonds. The molecule has 4 aromatic carbocycles. The van der Waals surface area contributed by atoms with Gasteiger partial charge in [-0.1, -0.05) is 60.7 Å². The summed E-state index contributed by atoms with van der Waals surface area (Å²) in [5.74, 6) is -2.07. The van der Waals surface area contributed by atoms with Crippen LogP contribution >= 0.6 is 0 Å². The maximum atomic E-state index is 13.5. The summed E-state index contributed by atoms with van der Waals surface area (Å²) in [6.45, 7) is 5.37. The van der Waals surface area contributed by atoms with Crippen LogP contribution in [0.3, 0.4) is 0 Å². The molecule has 0 saturated carbocycles. The summed E-state index contributed by atoms with van der Waals surface area (Å²) in [4.78, 5) is 40.4. The first-order valence-corrected chi connectivity index (χ1v) is 14.8. The lowest BCUT2D eigenvalue weighted by Crippen LogP contribution is -2.16. The Morgan fingerprint density at radius 2 is 1.16 bits per heavy atom. The van der Waals surface area contributed by atoms with Crippen molar-refractivity contribution >= 4 is 50.4 Å². The van der Waals surface area contributed by atoms with Crippen LogP contribution in [0.2, 0.25) is 0 Å². The number of carbonyl (C=O) groups excluding carboxylic acids is 3. The summed E-state index contributed by atoms with van der Waals surface area (Å²) >= 11 is 0. The van der Waals surface area contributed by atoms with Crippen molar-refractivity contribution in [3.63, 3.8) is 0 Å². The largest absolute Gasteiger partial charge is 0.462 e. The van der Waals surface area contributed by atoms with Gasteiger partial charge in [-0.15, -0.1) is 10.2 Å². The van der Waals surface area contributed by atoms with Gasteiger partial charge in [0.15, 0.2) is 0 Å². The van der Waals surface area contributed by atoms with Crippen molar-refractivity contribution in [2.24, 2.45) is 7.05 Å². The van der Waals surface area contributed by atoms with E-state index in [0.717, 1.165) is 21.9 Å². The van der Waals surface area contributed by atoms with Crippen molar-refractivity contribution in [3.05, 3.63) is 95.7 Å². The topological polar surface area (TPSA) is 110 Å². The van der Waals surface area contributed by atoms with Gasteiger partial charge in [0.1, 0.15) is 22.6 Å². The lowest BCUT2D eigenvalue weighted by molar-refractivity contribution is 0.0472. The first kappa shape index (κ1) is 29.5. The normalized spacial score (nSPS) is 11.2. The van der Waals surface area contributed by atoms with Gasteiger partial charge in [0.25, 0.3) is 0 Å². The van der Waals surface area contributed by atoms with E-state index in [2.05, 4.69) is 10.2 Å². The minimum absolute atomic E-state index is 0.00967. The molecule has 0 fully saturated rings. The Labute approximate surface area is 259 Å². The number of benzene rings is 4. The Kier molecular flexibility index (Phi) is 8.00. The number of nitrogens with zero attached hydrogens (tertiary/aromatic N) is 3. The highest BCUT2D eigenvalue weighted by Crippen LogP contribution is 2.41. The number of carbonyl (C=O) groups is 3. The second kappa shape index (κ2) is 12.2. The lowest BCUT2D eigenvalue weighted by Gasteiger charge is -2.14. The van der Waals surface area contributed by atoms with Crippen LogP contribution in [0.1, 0.15) is 52.0 Å². The number of rotatable bonds is 8. The molecule has 45 heavy (non-hydrogen) atoms. The van der Waals surface area contributed by atoms with Crippen molar-refractivity contribution in [2.45, 2.75) is 20.8 Å². The van der Waals surface area contributed by atoms with E-state index in [0.29, 0.717) is 27.7 Å². The van der Waals surface area contributed by atoms with E-state index < -0.39 is 17.9 Å². The van der Waals surface area contributed by atoms with E-state index in [9.17, 15) is 14.4 Å². The number of esters is 3. The van der Waals surface area contributed by atoms with Crippen LogP contribution in [0.15, 0.2) is 78.9 Å². The molecule has 0 aliphatic rings. The Hall–Kier alpha value is -5.57. The van der Waals surface area contributed by atoms with Gasteiger partial charge in [-0.25, -0.2) is 14.4 Å². The smallest absolute Gasteiger partial charge is 0.355 e. The zero-order valence-corrected chi connectivity index (χ0v) is 25.4. The Bertz CT molecular complexity index is 2100. The molecule has 0 bridgehead atoms. The summed E-state index contributed by atoms with van der Waals surface area (Å²) in [7, 11) is 1.67. The fraction of sp³-hybridized carbons (Fsp3) is 0.194. The summed E-state index contributed by atoms with van der Waals surface area (Å²) in [6, 6.07) is 25.2. The predicted octanol–water partition coefficient (Wildman–Crippen LogP) is 7.14. The van der Waals surface area contributed by atoms with Crippen LogP contribution in [0.25, 0.3) is 55.0 Å². The van der Waals surface area contributed by atoms with Gasteiger partial charge in [0.2, 0.25) is 0 Å². The minimum atomic E-state index is -0.737. The fourth-order valence-corrected chi connectivity index (χ4v) is 5.86. The first-order chi connectivity index (χ1) is 21.9. The third-order valence-electron chi connectivity index (χ3n) is 7.71. The van der Waals surface area contributed by atoms with E-state index >= 15 is 0 Å². The van der Waals surface area contributed by atoms with Crippen LogP contribution in [-0.2, 0) is 21.3 Å². The third-order valence-corrected chi connectivity index (χ3v) is 7.71. The molecule has 6 aromatic rings. The van der Waals surface area contributed by atoms with Gasteiger partial charge in [-0.3, -0.25) is 0 Å². The molecule has 0 unspecified atom stereocenters. The average Bonchev–Trinajstić information content (AvgIpc) is 3.37. The molecule has 0 radical (unpaired) electrons. The molecule has 9 nitrogen and oxygen atoms in total. The van der Waals surface area contributed by atoms with Gasteiger partial charge in [0, 0.05) is 39.7 Å². The molecular formula is C36H31N3O6. The predicted molar refractivity (Wildman–Crippen MR) is 172 cm³/mol. The van der Waals surface area contributed by atoms with E-state index in [-0.39, 0.29) is 42.0 Å². The quantitative estimate of drug-likeness (QED) is 0.103. The standard InChI is InChI=1S/C36H31N3O6/c1-5-43-34(40)27-19-23-18-25-26(31(22-16-12-9-13-17-22)38-37-30(25)21-14-10-8-11-15-21)20-24(23)32-28(27)29(35(41)44-6-2)33(39(32)4)36(42)45-7-3/h8-20H,5-7H2,1-4H3. The minimum Gasteiger partial charge on any atom is -0.462 e. The molecule has 2 heterocycles. The lowest BCUT2D eigenvalue weighted by atomic mass is 9.93. The van der Waals surface area contributed by atoms with Crippen molar-refractivity contribution in [3.8, 4) is 22.5 Å². The Morgan fingerprint density at radius 1 is 0.644 bits per heavy atom. The Balaban J connectivity index is 1.82. The number of fused-ring (bicyclic) bond motifs is 4. The molecule has 0 aliphatic carbocycles. The number of hydrogen-bond donors (Lipinski definition) is 0. The highest BCUT2D eigenvalue weighted by Gasteiger charge is 2.33. The summed E-state index contributed by atoms with van der Waals surface area (Å²) in [5, 5.41) is 12.6. The van der Waals surface area contributed by atoms with Crippen LogP contribution in [-0.4, -0.2) is 52.5 Å². The number of hydrogen-bond acceptors (Lipinski definition) is 8. The average molecular weight is 602 g/mol. The molecule has 2 aromatic heterocycles. The van der Waals surface area contributed by atoms with Gasteiger partial charge < -0.3 is 18.8 Å². The summed E-state index contributed by atoms with van der Waals surface area (Å²) in [5.41, 5.74) is 3.67. The van der Waals surface area contributed by atoms with E-state index in [4.69, 9.17) is 14.2 Å². The summed E-state index contributed by atoms with van der Waals surface area (Å²) < 4.78 is 17.8. The molecule has 9 heteroatoms. The highest BCUT2D eigenvalue weighted by molar-refractivity contribution is 6.26. The van der Waals surface area contributed by atoms with Gasteiger partial charge in [-0.05, 0) is 44.4 Å². The molecule has 226 valence electrons. The number of ether oxygens (including phenoxy) is 3. The monoisotopic (exact) mass is 601 g/mol. The Morgan fingerprint density at radius 3 is 1.71 bits per heavy atom. The van der Waals surface area contributed by atoms with Crippen molar-refractivity contribution in [2.75, 3.05) is 19.8 Å². The van der Waals surface area contributed by atoms with Gasteiger partial charge >= 0.3 is 17.9 Å². The van der Waals surface area contributed by atoms with E-state index in [1.54, 1.807) is 38.5 Å². The van der Waals surface area contributed by atoms with Crippen molar-refractivity contribution in [1.82, 2.24) is 14.8 Å². The molecular weight excluding hydrogens is 570 g/mol. The zero-order valence-electron chi connectivity index (χ0n) is 25.4. The maximum absolute atomic E-state index is 13.5. The second-order valence-electron chi connectivity index (χ2n) is 10.3. The fourth-order valence-electron chi connectivity index (χ4n) is 5.86. The van der Waals surface area contributed by atoms with E-state index in [1.807, 2.05) is 72.8 Å². The molecule has 0 spiro atoms. The van der Waals surface area contributed by atoms with Crippen LogP contribution in [0.4, 0.5) is 0 Å². The zero-order chi connectivity index (χ0) is 31.7. The molecule has 0 atom stereocenters. The SMILES string of the molecule is CCOC(=O)c1cc2cc3c(-c4ccccc4)nnc(-c4ccccc4)c3cc2c2c1c(C(=O)OCC)c(C(=O)OCC)n2C. The van der Waals surface area contributed by atoms with Crippen LogP contribution in [0.5, 0.6) is 0 Å². The van der Waals surface area contributed by atoms with Gasteiger partial charge in [0.05, 0.1) is 30.9 Å². The molecule has 6 rings (SSSR count). The first-order valence-electron chi connectivity index (χ1n) is 14.8. The number of aromatic nitrogens is 3. The highest BCUT2D eigenvalue weighted by atomic mass is 16.5. The van der Waals surface area contributed by atoms with E-state index in [1.165, 1.54) is 0 Å². The van der Waals surface area contributed by atoms with Crippen molar-refractivity contribution in [1.29, 1.82) is 0 Å². The van der Waals surface area contributed by atoms with Crippen LogP contribution in [0, 0.1) is 0 Å². The second-order valence-corrected chi connectivity index (χ2v) is 10.3. The third kappa shape index (κ3) is 5.06. The number of aryl methyl sites for hydroxylation is 1. The molecule has 0 saturated heterocycles. The summed E-state index contributed by atoms with van der Waals surface area (Å²) in [6.07, 6.45) is 0. The van der Waals surface area contributed by atoms with Crippen molar-refractivity contribution < 1.29 is 28.6 Å².